The van der Waals surface area contributed by atoms with Crippen LogP contribution >= 0.6 is 0 Å². The Morgan fingerprint density at radius 3 is 2.59 bits per heavy atom. The van der Waals surface area contributed by atoms with Crippen LogP contribution in [0.4, 0.5) is 14.5 Å². The van der Waals surface area contributed by atoms with Crippen LogP contribution in [0.15, 0.2) is 30.5 Å². The van der Waals surface area contributed by atoms with Crippen LogP contribution in [-0.2, 0) is 9.53 Å². The third-order valence-electron chi connectivity index (χ3n) is 5.28. The second-order valence-electron chi connectivity index (χ2n) is 7.11. The molecule has 4 atom stereocenters. The molecule has 1 aliphatic rings. The number of amides is 1. The van der Waals surface area contributed by atoms with Gasteiger partial charge in [-0.15, -0.1) is 0 Å². The Morgan fingerprint density at radius 2 is 1.93 bits per heavy atom. The van der Waals surface area contributed by atoms with Crippen molar-refractivity contribution >= 4 is 17.4 Å². The number of nitrogens with zero attached hydrogens (tertiary/aromatic N) is 1. The highest BCUT2D eigenvalue weighted by Crippen LogP contribution is 2.44. The minimum atomic E-state index is -1.10. The van der Waals surface area contributed by atoms with Crippen LogP contribution in [0.25, 0.3) is 0 Å². The molecule has 0 aliphatic carbocycles. The van der Waals surface area contributed by atoms with E-state index in [-0.39, 0.29) is 29.2 Å². The van der Waals surface area contributed by atoms with E-state index in [4.69, 9.17) is 9.47 Å². The van der Waals surface area contributed by atoms with Crippen molar-refractivity contribution < 1.29 is 27.8 Å². The van der Waals surface area contributed by atoms with Gasteiger partial charge in [0.25, 0.3) is 5.91 Å². The van der Waals surface area contributed by atoms with Crippen LogP contribution in [0.1, 0.15) is 42.7 Å². The van der Waals surface area contributed by atoms with E-state index in [1.807, 2.05) is 13.8 Å². The lowest BCUT2D eigenvalue weighted by molar-refractivity contribution is -0.127. The maximum Gasteiger partial charge on any atom is 0.254 e. The summed E-state index contributed by atoms with van der Waals surface area (Å²) in [5.41, 5.74) is 0.972. The molecule has 0 spiro atoms. The fraction of sp³-hybridized carbons (Fsp3) is 0.381. The van der Waals surface area contributed by atoms with Gasteiger partial charge in [-0.25, -0.2) is 4.39 Å². The first kappa shape index (κ1) is 20.9. The third kappa shape index (κ3) is 3.98. The number of pyridine rings is 1. The molecule has 29 heavy (non-hydrogen) atoms. The van der Waals surface area contributed by atoms with Gasteiger partial charge in [0.15, 0.2) is 17.3 Å². The van der Waals surface area contributed by atoms with Gasteiger partial charge in [-0.1, -0.05) is 13.0 Å². The average Bonchev–Trinajstić information content (AvgIpc) is 2.99. The maximum absolute atomic E-state index is 14.3. The van der Waals surface area contributed by atoms with Crippen molar-refractivity contribution in [3.05, 3.63) is 53.4 Å². The van der Waals surface area contributed by atoms with Gasteiger partial charge in [0.05, 0.1) is 13.2 Å². The first-order chi connectivity index (χ1) is 13.7. The fourth-order valence-electron chi connectivity index (χ4n) is 3.61. The number of hydrogen-bond acceptors (Lipinski definition) is 5. The van der Waals surface area contributed by atoms with Crippen LogP contribution in [0.2, 0.25) is 0 Å². The second-order valence-corrected chi connectivity index (χ2v) is 7.11. The Labute approximate surface area is 167 Å². The zero-order valence-corrected chi connectivity index (χ0v) is 16.5. The molecule has 1 N–H and O–H groups in total. The SMILES string of the molecule is COc1c([C@@H]2[C@H](C)[C@H](C)O[C@@H]2C(=O)Nc2ccnc(C(C)=O)c2)ccc(F)c1F. The van der Waals surface area contributed by atoms with E-state index >= 15 is 0 Å². The van der Waals surface area contributed by atoms with Crippen LogP contribution in [0, 0.1) is 17.6 Å². The highest BCUT2D eigenvalue weighted by molar-refractivity contribution is 5.97. The van der Waals surface area contributed by atoms with Crippen molar-refractivity contribution in [2.45, 2.75) is 38.9 Å². The van der Waals surface area contributed by atoms with Crippen molar-refractivity contribution in [1.82, 2.24) is 4.98 Å². The number of halogens is 2. The van der Waals surface area contributed by atoms with E-state index in [9.17, 15) is 18.4 Å². The summed E-state index contributed by atoms with van der Waals surface area (Å²) in [4.78, 5) is 28.4. The zero-order valence-electron chi connectivity index (χ0n) is 16.5. The van der Waals surface area contributed by atoms with Gasteiger partial charge >= 0.3 is 0 Å². The van der Waals surface area contributed by atoms with Crippen molar-refractivity contribution in [2.75, 3.05) is 12.4 Å². The summed E-state index contributed by atoms with van der Waals surface area (Å²) in [6.45, 7) is 5.07. The van der Waals surface area contributed by atoms with Crippen molar-refractivity contribution in [3.63, 3.8) is 0 Å². The maximum atomic E-state index is 14.3. The molecule has 6 nitrogen and oxygen atoms in total. The molecule has 2 heterocycles. The van der Waals surface area contributed by atoms with Gasteiger partial charge in [-0.2, -0.15) is 4.39 Å². The van der Waals surface area contributed by atoms with Crippen LogP contribution in [-0.4, -0.2) is 36.0 Å². The standard InChI is InChI=1S/C21H22F2N2O4/c1-10-12(3)29-20(17(10)14-5-6-15(22)18(23)19(14)28-4)21(27)25-13-7-8-24-16(9-13)11(2)26/h5-10,12,17,20H,1-4H3,(H,24,25,27)/t10-,12+,17+,20+/m1/s1. The summed E-state index contributed by atoms with van der Waals surface area (Å²) in [7, 11) is 1.25. The first-order valence-electron chi connectivity index (χ1n) is 9.19. The van der Waals surface area contributed by atoms with Crippen molar-refractivity contribution in [2.24, 2.45) is 5.92 Å². The Balaban J connectivity index is 1.94. The number of ether oxygens (including phenoxy) is 2. The molecule has 154 valence electrons. The van der Waals surface area contributed by atoms with E-state index in [1.54, 1.807) is 6.07 Å². The summed E-state index contributed by atoms with van der Waals surface area (Å²) >= 11 is 0. The molecule has 1 aliphatic heterocycles. The number of methoxy groups -OCH3 is 1. The summed E-state index contributed by atoms with van der Waals surface area (Å²) in [6, 6.07) is 5.45. The van der Waals surface area contributed by atoms with E-state index < -0.39 is 29.6 Å². The topological polar surface area (TPSA) is 77.5 Å². The van der Waals surface area contributed by atoms with Gasteiger partial charge in [0.1, 0.15) is 11.8 Å². The van der Waals surface area contributed by atoms with E-state index in [2.05, 4.69) is 10.3 Å². The van der Waals surface area contributed by atoms with E-state index in [1.165, 1.54) is 32.4 Å². The Morgan fingerprint density at radius 1 is 1.21 bits per heavy atom. The number of nitrogens with one attached hydrogen (secondary N) is 1. The second kappa shape index (κ2) is 8.24. The lowest BCUT2D eigenvalue weighted by Crippen LogP contribution is -2.33. The Bertz CT molecular complexity index is 950. The van der Waals surface area contributed by atoms with Crippen molar-refractivity contribution in [1.29, 1.82) is 0 Å². The molecule has 0 unspecified atom stereocenters. The molecule has 1 aromatic heterocycles. The molecule has 3 rings (SSSR count). The third-order valence-corrected chi connectivity index (χ3v) is 5.28. The monoisotopic (exact) mass is 404 g/mol. The van der Waals surface area contributed by atoms with Crippen LogP contribution < -0.4 is 10.1 Å². The highest BCUT2D eigenvalue weighted by Gasteiger charge is 2.46. The minimum Gasteiger partial charge on any atom is -0.493 e. The minimum absolute atomic E-state index is 0.158. The number of carbonyl (C=O) groups is 2. The molecule has 1 amide bonds. The Kier molecular flexibility index (Phi) is 5.93. The van der Waals surface area contributed by atoms with Gasteiger partial charge in [-0.05, 0) is 31.0 Å². The van der Waals surface area contributed by atoms with Gasteiger partial charge < -0.3 is 14.8 Å². The van der Waals surface area contributed by atoms with Gasteiger partial charge in [0.2, 0.25) is 5.82 Å². The highest BCUT2D eigenvalue weighted by atomic mass is 19.2. The number of ketones is 1. The molecular formula is C21H22F2N2O4. The molecule has 8 heteroatoms. The fourth-order valence-corrected chi connectivity index (χ4v) is 3.61. The molecule has 1 saturated heterocycles. The van der Waals surface area contributed by atoms with Crippen molar-refractivity contribution in [3.8, 4) is 5.75 Å². The average molecular weight is 404 g/mol. The normalized spacial score (nSPS) is 23.7. The zero-order chi connectivity index (χ0) is 21.3. The van der Waals surface area contributed by atoms with E-state index in [0.29, 0.717) is 11.3 Å². The van der Waals surface area contributed by atoms with E-state index in [0.717, 1.165) is 6.07 Å². The number of Topliss-reactive ketones (excluding diaryl/α,β-unsaturated/α-hetero) is 1. The number of benzene rings is 1. The number of carbonyl (C=O) groups excluding carboxylic acids is 2. The van der Waals surface area contributed by atoms with Gasteiger partial charge in [0, 0.05) is 30.3 Å². The quantitative estimate of drug-likeness (QED) is 0.769. The Hall–Kier alpha value is -2.87. The van der Waals surface area contributed by atoms with Crippen LogP contribution in [0.5, 0.6) is 5.75 Å². The summed E-state index contributed by atoms with van der Waals surface area (Å²) < 4.78 is 38.9. The lowest BCUT2D eigenvalue weighted by atomic mass is 9.82. The molecule has 0 saturated carbocycles. The van der Waals surface area contributed by atoms with Gasteiger partial charge in [-0.3, -0.25) is 14.6 Å². The van der Waals surface area contributed by atoms with Crippen LogP contribution in [0.3, 0.4) is 0 Å². The first-order valence-corrected chi connectivity index (χ1v) is 9.19. The lowest BCUT2D eigenvalue weighted by Gasteiger charge is -2.23. The number of rotatable bonds is 5. The summed E-state index contributed by atoms with van der Waals surface area (Å²) in [5.74, 6) is -3.77. The number of anilines is 1. The predicted octanol–water partition coefficient (Wildman–Crippen LogP) is 3.72. The molecule has 1 fully saturated rings. The number of aromatic nitrogens is 1. The number of hydrogen-bond donors (Lipinski definition) is 1. The molecular weight excluding hydrogens is 382 g/mol. The molecule has 1 aromatic carbocycles. The molecule has 0 radical (unpaired) electrons. The molecule has 2 aromatic rings. The smallest absolute Gasteiger partial charge is 0.254 e. The summed E-state index contributed by atoms with van der Waals surface area (Å²) in [6.07, 6.45) is 0.176. The largest absolute Gasteiger partial charge is 0.493 e. The predicted molar refractivity (Wildman–Crippen MR) is 102 cm³/mol. The summed E-state index contributed by atoms with van der Waals surface area (Å²) in [5, 5.41) is 2.72. The molecule has 0 bridgehead atoms.